The van der Waals surface area contributed by atoms with Crippen molar-refractivity contribution in [3.05, 3.63) is 22.2 Å². The van der Waals surface area contributed by atoms with Crippen LogP contribution < -0.4 is 20.1 Å². The van der Waals surface area contributed by atoms with Gasteiger partial charge in [0.1, 0.15) is 5.69 Å². The molecule has 0 spiro atoms. The van der Waals surface area contributed by atoms with E-state index >= 15 is 0 Å². The molecule has 2 heterocycles. The number of nitrogens with zero attached hydrogens (tertiary/aromatic N) is 2. The lowest BCUT2D eigenvalue weighted by Crippen LogP contribution is -2.46. The Morgan fingerprint density at radius 1 is 1.42 bits per heavy atom. The van der Waals surface area contributed by atoms with Gasteiger partial charge in [-0.15, -0.1) is 0 Å². The van der Waals surface area contributed by atoms with E-state index in [-0.39, 0.29) is 30.6 Å². The zero-order valence-corrected chi connectivity index (χ0v) is 13.4. The van der Waals surface area contributed by atoms with E-state index in [0.717, 1.165) is 25.9 Å². The molecule has 1 saturated heterocycles. The van der Waals surface area contributed by atoms with Gasteiger partial charge in [0.2, 0.25) is 12.7 Å². The monoisotopic (exact) mass is 336 g/mol. The summed E-state index contributed by atoms with van der Waals surface area (Å²) in [5.41, 5.74) is -0.0872. The van der Waals surface area contributed by atoms with Crippen LogP contribution in [0.4, 0.5) is 11.4 Å². The molecule has 2 aliphatic rings. The third kappa shape index (κ3) is 3.57. The van der Waals surface area contributed by atoms with Crippen LogP contribution in [-0.4, -0.2) is 55.2 Å². The first-order valence-corrected chi connectivity index (χ1v) is 7.84. The maximum atomic E-state index is 12.3. The number of benzene rings is 1. The Balaban J connectivity index is 1.69. The first-order valence-electron chi connectivity index (χ1n) is 7.84. The standard InChI is InChI=1S/C15H20N4O5/c1-16-10-3-2-4-18(7-10)8-15(20)17-11-5-13-14(24-9-23-13)6-12(11)19(21)22/h5-6,10,16H,2-4,7-9H2,1H3,(H,17,20). The van der Waals surface area contributed by atoms with Gasteiger partial charge in [-0.2, -0.15) is 0 Å². The number of nitrogens with one attached hydrogen (secondary N) is 2. The molecular formula is C15H20N4O5. The number of ether oxygens (including phenoxy) is 2. The second-order valence-corrected chi connectivity index (χ2v) is 5.89. The van der Waals surface area contributed by atoms with Crippen molar-refractivity contribution in [2.75, 3.05) is 38.8 Å². The summed E-state index contributed by atoms with van der Waals surface area (Å²) in [5, 5.41) is 17.1. The topological polar surface area (TPSA) is 106 Å². The van der Waals surface area contributed by atoms with E-state index in [1.807, 2.05) is 11.9 Å². The summed E-state index contributed by atoms with van der Waals surface area (Å²) in [6, 6.07) is 3.08. The zero-order chi connectivity index (χ0) is 17.1. The normalized spacial score (nSPS) is 20.0. The maximum absolute atomic E-state index is 12.3. The highest BCUT2D eigenvalue weighted by atomic mass is 16.7. The molecule has 0 aromatic heterocycles. The van der Waals surface area contributed by atoms with Gasteiger partial charge in [0.05, 0.1) is 17.5 Å². The molecule has 130 valence electrons. The Bertz CT molecular complexity index is 651. The van der Waals surface area contributed by atoms with E-state index in [9.17, 15) is 14.9 Å². The van der Waals surface area contributed by atoms with E-state index in [1.54, 1.807) is 0 Å². The van der Waals surface area contributed by atoms with Gasteiger partial charge < -0.3 is 20.1 Å². The van der Waals surface area contributed by atoms with Crippen LogP contribution in [0.5, 0.6) is 11.5 Å². The van der Waals surface area contributed by atoms with Crippen molar-refractivity contribution in [1.29, 1.82) is 0 Å². The first-order chi connectivity index (χ1) is 11.6. The van der Waals surface area contributed by atoms with Crippen molar-refractivity contribution in [3.63, 3.8) is 0 Å². The average molecular weight is 336 g/mol. The van der Waals surface area contributed by atoms with Gasteiger partial charge in [-0.05, 0) is 26.4 Å². The number of piperidine rings is 1. The quantitative estimate of drug-likeness (QED) is 0.609. The predicted molar refractivity (Wildman–Crippen MR) is 86.4 cm³/mol. The highest BCUT2D eigenvalue weighted by molar-refractivity contribution is 5.95. The summed E-state index contributed by atoms with van der Waals surface area (Å²) in [6.07, 6.45) is 2.10. The van der Waals surface area contributed by atoms with Crippen LogP contribution in [0.1, 0.15) is 12.8 Å². The summed E-state index contributed by atoms with van der Waals surface area (Å²) in [7, 11) is 1.91. The molecular weight excluding hydrogens is 316 g/mol. The van der Waals surface area contributed by atoms with Crippen LogP contribution in [0, 0.1) is 10.1 Å². The van der Waals surface area contributed by atoms with Crippen molar-refractivity contribution in [1.82, 2.24) is 10.2 Å². The summed E-state index contributed by atoms with van der Waals surface area (Å²) < 4.78 is 10.4. The minimum absolute atomic E-state index is 0.0169. The van der Waals surface area contributed by atoms with E-state index in [4.69, 9.17) is 9.47 Å². The van der Waals surface area contributed by atoms with Gasteiger partial charge >= 0.3 is 0 Å². The molecule has 0 radical (unpaired) electrons. The number of fused-ring (bicyclic) bond motifs is 1. The van der Waals surface area contributed by atoms with Crippen LogP contribution in [0.3, 0.4) is 0 Å². The minimum Gasteiger partial charge on any atom is -0.454 e. The van der Waals surface area contributed by atoms with Gasteiger partial charge in [0.25, 0.3) is 5.69 Å². The molecule has 0 bridgehead atoms. The number of hydrogen-bond donors (Lipinski definition) is 2. The summed E-state index contributed by atoms with van der Waals surface area (Å²) >= 11 is 0. The van der Waals surface area contributed by atoms with Crippen molar-refractivity contribution >= 4 is 17.3 Å². The van der Waals surface area contributed by atoms with Crippen LogP contribution >= 0.6 is 0 Å². The molecule has 2 aliphatic heterocycles. The fourth-order valence-electron chi connectivity index (χ4n) is 3.01. The summed E-state index contributed by atoms with van der Waals surface area (Å²) in [6.45, 7) is 1.84. The van der Waals surface area contributed by atoms with Crippen molar-refractivity contribution < 1.29 is 19.2 Å². The van der Waals surface area contributed by atoms with Crippen LogP contribution in [-0.2, 0) is 4.79 Å². The van der Waals surface area contributed by atoms with Gasteiger partial charge in [-0.1, -0.05) is 0 Å². The molecule has 2 N–H and O–H groups in total. The SMILES string of the molecule is CNC1CCCN(CC(=O)Nc2cc3c(cc2[N+](=O)[O-])OCO3)C1. The fraction of sp³-hybridized carbons (Fsp3) is 0.533. The third-order valence-electron chi connectivity index (χ3n) is 4.24. The molecule has 9 heteroatoms. The molecule has 1 atom stereocenters. The number of nitro benzene ring substituents is 1. The molecule has 24 heavy (non-hydrogen) atoms. The van der Waals surface area contributed by atoms with Gasteiger partial charge in [0.15, 0.2) is 11.5 Å². The van der Waals surface area contributed by atoms with Crippen molar-refractivity contribution in [3.8, 4) is 11.5 Å². The Hall–Kier alpha value is -2.39. The highest BCUT2D eigenvalue weighted by Gasteiger charge is 2.26. The summed E-state index contributed by atoms with van der Waals surface area (Å²) in [4.78, 5) is 25.0. The lowest BCUT2D eigenvalue weighted by atomic mass is 10.1. The molecule has 0 saturated carbocycles. The fourth-order valence-corrected chi connectivity index (χ4v) is 3.01. The molecule has 3 rings (SSSR count). The molecule has 1 aromatic carbocycles. The Morgan fingerprint density at radius 2 is 2.17 bits per heavy atom. The van der Waals surface area contributed by atoms with Crippen molar-refractivity contribution in [2.24, 2.45) is 0 Å². The van der Waals surface area contributed by atoms with Crippen molar-refractivity contribution in [2.45, 2.75) is 18.9 Å². The number of likely N-dealkylation sites (N-methyl/N-ethyl adjacent to an activating group) is 1. The van der Waals surface area contributed by atoms with E-state index < -0.39 is 4.92 Å². The largest absolute Gasteiger partial charge is 0.454 e. The first kappa shape index (κ1) is 16.5. The van der Waals surface area contributed by atoms with E-state index in [1.165, 1.54) is 12.1 Å². The number of carbonyl (C=O) groups excluding carboxylic acids is 1. The number of anilines is 1. The van der Waals surface area contributed by atoms with E-state index in [0.29, 0.717) is 17.5 Å². The Morgan fingerprint density at radius 3 is 2.88 bits per heavy atom. The molecule has 1 unspecified atom stereocenters. The lowest BCUT2D eigenvalue weighted by molar-refractivity contribution is -0.384. The second kappa shape index (κ2) is 7.02. The van der Waals surface area contributed by atoms with Gasteiger partial charge in [-0.25, -0.2) is 0 Å². The number of nitro groups is 1. The number of carbonyl (C=O) groups is 1. The third-order valence-corrected chi connectivity index (χ3v) is 4.24. The number of rotatable bonds is 5. The van der Waals surface area contributed by atoms with Gasteiger partial charge in [0, 0.05) is 18.7 Å². The number of likely N-dealkylation sites (tertiary alicyclic amines) is 1. The molecule has 1 amide bonds. The van der Waals surface area contributed by atoms with E-state index in [2.05, 4.69) is 10.6 Å². The predicted octanol–water partition coefficient (Wildman–Crippen LogP) is 0.946. The van der Waals surface area contributed by atoms with Crippen LogP contribution in [0.2, 0.25) is 0 Å². The highest BCUT2D eigenvalue weighted by Crippen LogP contribution is 2.40. The summed E-state index contributed by atoms with van der Waals surface area (Å²) in [5.74, 6) is 0.422. The molecule has 1 aromatic rings. The average Bonchev–Trinajstić information content (AvgIpc) is 3.01. The zero-order valence-electron chi connectivity index (χ0n) is 13.4. The Labute approximate surface area is 139 Å². The second-order valence-electron chi connectivity index (χ2n) is 5.89. The maximum Gasteiger partial charge on any atom is 0.296 e. The lowest BCUT2D eigenvalue weighted by Gasteiger charge is -2.31. The minimum atomic E-state index is -0.546. The number of hydrogen-bond acceptors (Lipinski definition) is 7. The smallest absolute Gasteiger partial charge is 0.296 e. The molecule has 0 aliphatic carbocycles. The van der Waals surface area contributed by atoms with Gasteiger partial charge in [-0.3, -0.25) is 19.8 Å². The van der Waals surface area contributed by atoms with Crippen LogP contribution in [0.25, 0.3) is 0 Å². The Kier molecular flexibility index (Phi) is 4.81. The number of amides is 1. The molecule has 9 nitrogen and oxygen atoms in total. The van der Waals surface area contributed by atoms with Crippen LogP contribution in [0.15, 0.2) is 12.1 Å². The molecule has 1 fully saturated rings.